The lowest BCUT2D eigenvalue weighted by Gasteiger charge is -2.17. The van der Waals surface area contributed by atoms with Crippen molar-refractivity contribution < 1.29 is 18.1 Å². The predicted molar refractivity (Wildman–Crippen MR) is 69.1 cm³/mol. The molecule has 0 aliphatic heterocycles. The third kappa shape index (κ3) is 8.59. The maximum atomic E-state index is 12.0. The number of phosphoric ester groups is 1. The van der Waals surface area contributed by atoms with Crippen molar-refractivity contribution in [3.63, 3.8) is 0 Å². The van der Waals surface area contributed by atoms with Crippen LogP contribution in [0.3, 0.4) is 0 Å². The van der Waals surface area contributed by atoms with Gasteiger partial charge in [-0.15, -0.1) is 0 Å². The van der Waals surface area contributed by atoms with Crippen LogP contribution in [0.15, 0.2) is 0 Å². The highest BCUT2D eigenvalue weighted by atomic mass is 32.1. The van der Waals surface area contributed by atoms with Gasteiger partial charge in [0.2, 0.25) is 0 Å². The molecular formula is C10H23O4PS. The van der Waals surface area contributed by atoms with E-state index in [2.05, 4.69) is 12.6 Å². The first-order valence-electron chi connectivity index (χ1n) is 5.83. The van der Waals surface area contributed by atoms with Crippen LogP contribution >= 0.6 is 20.5 Å². The number of unbranched alkanes of at least 4 members (excludes halogenated alkanes) is 2. The molecule has 4 nitrogen and oxygen atoms in total. The Kier molecular flexibility index (Phi) is 10.9. The van der Waals surface area contributed by atoms with Gasteiger partial charge in [-0.25, -0.2) is 4.57 Å². The molecule has 0 saturated heterocycles. The monoisotopic (exact) mass is 270 g/mol. The Bertz CT molecular complexity index is 187. The summed E-state index contributed by atoms with van der Waals surface area (Å²) < 4.78 is 27.5. The molecule has 98 valence electrons. The summed E-state index contributed by atoms with van der Waals surface area (Å²) in [7, 11) is -3.34. The summed E-state index contributed by atoms with van der Waals surface area (Å²) in [4.78, 5) is 0. The van der Waals surface area contributed by atoms with Gasteiger partial charge in [-0.2, -0.15) is 12.6 Å². The summed E-state index contributed by atoms with van der Waals surface area (Å²) in [5.74, 6) is 0.498. The van der Waals surface area contributed by atoms with Gasteiger partial charge in [-0.05, 0) is 12.8 Å². The van der Waals surface area contributed by atoms with Crippen LogP contribution in [0, 0.1) is 0 Å². The molecule has 0 rings (SSSR count). The molecule has 16 heavy (non-hydrogen) atoms. The van der Waals surface area contributed by atoms with Gasteiger partial charge in [-0.3, -0.25) is 13.6 Å². The molecule has 0 bridgehead atoms. The first kappa shape index (κ1) is 16.5. The number of rotatable bonds is 11. The van der Waals surface area contributed by atoms with Gasteiger partial charge in [-0.1, -0.05) is 26.7 Å². The van der Waals surface area contributed by atoms with Crippen molar-refractivity contribution in [2.45, 2.75) is 39.5 Å². The molecule has 0 N–H and O–H groups in total. The molecule has 6 heteroatoms. The zero-order valence-electron chi connectivity index (χ0n) is 10.2. The molecule has 0 aromatic rings. The summed E-state index contributed by atoms with van der Waals surface area (Å²) in [5.41, 5.74) is 0. The second kappa shape index (κ2) is 10.6. The van der Waals surface area contributed by atoms with Gasteiger partial charge in [0.15, 0.2) is 0 Å². The van der Waals surface area contributed by atoms with E-state index in [4.69, 9.17) is 13.6 Å². The number of hydrogen-bond donors (Lipinski definition) is 1. The van der Waals surface area contributed by atoms with Crippen LogP contribution in [-0.2, 0) is 18.1 Å². The highest BCUT2D eigenvalue weighted by molar-refractivity contribution is 7.80. The minimum absolute atomic E-state index is 0.276. The molecule has 0 fully saturated rings. The highest BCUT2D eigenvalue weighted by Crippen LogP contribution is 2.49. The van der Waals surface area contributed by atoms with E-state index < -0.39 is 7.82 Å². The molecule has 0 amide bonds. The van der Waals surface area contributed by atoms with E-state index in [1.165, 1.54) is 0 Å². The quantitative estimate of drug-likeness (QED) is 0.353. The highest BCUT2D eigenvalue weighted by Gasteiger charge is 2.25. The molecule has 0 heterocycles. The Morgan fingerprint density at radius 2 is 1.38 bits per heavy atom. The molecule has 0 aliphatic carbocycles. The van der Waals surface area contributed by atoms with Crippen molar-refractivity contribution in [1.29, 1.82) is 0 Å². The average Bonchev–Trinajstić information content (AvgIpc) is 2.27. The van der Waals surface area contributed by atoms with Gasteiger partial charge in [0, 0.05) is 5.75 Å². The van der Waals surface area contributed by atoms with E-state index in [-0.39, 0.29) is 6.61 Å². The standard InChI is InChI=1S/C10H23O4PS/c1-3-5-7-12-15(11,14-9-10-16)13-8-6-4-2/h16H,3-10H2,1-2H3. The van der Waals surface area contributed by atoms with E-state index in [1.807, 2.05) is 13.8 Å². The third-order valence-corrected chi connectivity index (χ3v) is 3.51. The van der Waals surface area contributed by atoms with Crippen molar-refractivity contribution in [3.8, 4) is 0 Å². The molecule has 0 aromatic heterocycles. The Morgan fingerprint density at radius 1 is 0.938 bits per heavy atom. The molecule has 0 spiro atoms. The lowest BCUT2D eigenvalue weighted by Crippen LogP contribution is -2.04. The largest absolute Gasteiger partial charge is 0.474 e. The average molecular weight is 270 g/mol. The van der Waals surface area contributed by atoms with Gasteiger partial charge in [0.1, 0.15) is 0 Å². The van der Waals surface area contributed by atoms with Gasteiger partial charge in [0.05, 0.1) is 19.8 Å². The molecule has 0 atom stereocenters. The molecule has 0 unspecified atom stereocenters. The molecule has 0 saturated carbocycles. The second-order valence-electron chi connectivity index (χ2n) is 3.38. The van der Waals surface area contributed by atoms with Crippen LogP contribution in [0.25, 0.3) is 0 Å². The smallest absolute Gasteiger partial charge is 0.287 e. The zero-order chi connectivity index (χ0) is 12.3. The topological polar surface area (TPSA) is 44.8 Å². The lowest BCUT2D eigenvalue weighted by molar-refractivity contribution is 0.116. The summed E-state index contributed by atoms with van der Waals surface area (Å²) in [6.07, 6.45) is 3.68. The van der Waals surface area contributed by atoms with E-state index in [9.17, 15) is 4.57 Å². The normalized spacial score (nSPS) is 11.9. The SMILES string of the molecule is CCCCOP(=O)(OCCS)OCCCC. The minimum Gasteiger partial charge on any atom is -0.287 e. The Morgan fingerprint density at radius 3 is 1.75 bits per heavy atom. The fourth-order valence-corrected chi connectivity index (χ4v) is 2.39. The summed E-state index contributed by atoms with van der Waals surface area (Å²) in [5, 5.41) is 0. The van der Waals surface area contributed by atoms with E-state index in [0.29, 0.717) is 19.0 Å². The van der Waals surface area contributed by atoms with E-state index >= 15 is 0 Å². The predicted octanol–water partition coefficient (Wildman–Crippen LogP) is 3.67. The van der Waals surface area contributed by atoms with E-state index in [1.54, 1.807) is 0 Å². The van der Waals surface area contributed by atoms with Gasteiger partial charge < -0.3 is 0 Å². The van der Waals surface area contributed by atoms with Crippen molar-refractivity contribution in [2.24, 2.45) is 0 Å². The van der Waals surface area contributed by atoms with Crippen LogP contribution in [0.2, 0.25) is 0 Å². The van der Waals surface area contributed by atoms with Crippen molar-refractivity contribution in [3.05, 3.63) is 0 Å². The molecular weight excluding hydrogens is 247 g/mol. The zero-order valence-corrected chi connectivity index (χ0v) is 12.0. The molecule has 0 radical (unpaired) electrons. The number of hydrogen-bond acceptors (Lipinski definition) is 5. The van der Waals surface area contributed by atoms with Crippen molar-refractivity contribution >= 4 is 20.5 Å². The maximum absolute atomic E-state index is 12.0. The van der Waals surface area contributed by atoms with Crippen molar-refractivity contribution in [2.75, 3.05) is 25.6 Å². The number of thiol groups is 1. The third-order valence-electron chi connectivity index (χ3n) is 1.84. The fraction of sp³-hybridized carbons (Fsp3) is 1.00. The summed E-state index contributed by atoms with van der Waals surface area (Å²) in [6, 6.07) is 0. The van der Waals surface area contributed by atoms with Crippen LogP contribution in [0.5, 0.6) is 0 Å². The molecule has 0 aliphatic rings. The number of phosphoric acid groups is 1. The second-order valence-corrected chi connectivity index (χ2v) is 5.49. The summed E-state index contributed by atoms with van der Waals surface area (Å²) in [6.45, 7) is 5.18. The van der Waals surface area contributed by atoms with E-state index in [0.717, 1.165) is 25.7 Å². The molecule has 0 aromatic carbocycles. The summed E-state index contributed by atoms with van der Waals surface area (Å²) >= 11 is 3.99. The Labute approximate surface area is 104 Å². The van der Waals surface area contributed by atoms with Crippen LogP contribution in [0.4, 0.5) is 0 Å². The van der Waals surface area contributed by atoms with Crippen LogP contribution in [-0.4, -0.2) is 25.6 Å². The minimum atomic E-state index is -3.34. The lowest BCUT2D eigenvalue weighted by atomic mass is 10.4. The Hall–Kier alpha value is 0.460. The van der Waals surface area contributed by atoms with Crippen LogP contribution < -0.4 is 0 Å². The van der Waals surface area contributed by atoms with Gasteiger partial charge >= 0.3 is 7.82 Å². The van der Waals surface area contributed by atoms with Gasteiger partial charge in [0.25, 0.3) is 0 Å². The Balaban J connectivity index is 3.97. The van der Waals surface area contributed by atoms with Crippen LogP contribution in [0.1, 0.15) is 39.5 Å². The fourth-order valence-electron chi connectivity index (χ4n) is 0.906. The first-order chi connectivity index (χ1) is 7.68. The first-order valence-corrected chi connectivity index (χ1v) is 7.92. The maximum Gasteiger partial charge on any atom is 0.474 e. The van der Waals surface area contributed by atoms with Crippen molar-refractivity contribution in [1.82, 2.24) is 0 Å².